The Hall–Kier alpha value is -2.57. The van der Waals surface area contributed by atoms with E-state index in [9.17, 15) is 14.4 Å². The number of rotatable bonds is 12. The highest BCUT2D eigenvalue weighted by atomic mass is 16.6. The minimum absolute atomic E-state index is 0.171. The van der Waals surface area contributed by atoms with Crippen LogP contribution in [0.15, 0.2) is 30.3 Å². The molecule has 184 valence electrons. The Morgan fingerprint density at radius 2 is 1.76 bits per heavy atom. The molecule has 1 aromatic rings. The van der Waals surface area contributed by atoms with E-state index >= 15 is 0 Å². The largest absolute Gasteiger partial charge is 0.461 e. The third kappa shape index (κ3) is 8.71. The third-order valence-electron chi connectivity index (χ3n) is 5.86. The van der Waals surface area contributed by atoms with Gasteiger partial charge in [-0.3, -0.25) is 9.59 Å². The number of esters is 1. The first-order chi connectivity index (χ1) is 15.6. The van der Waals surface area contributed by atoms with Crippen molar-refractivity contribution >= 4 is 18.0 Å². The van der Waals surface area contributed by atoms with Gasteiger partial charge < -0.3 is 20.1 Å². The summed E-state index contributed by atoms with van der Waals surface area (Å²) in [7, 11) is 0. The molecule has 0 aromatic heterocycles. The van der Waals surface area contributed by atoms with E-state index in [1.807, 2.05) is 30.3 Å². The third-order valence-corrected chi connectivity index (χ3v) is 5.86. The number of hydrogen-bond acceptors (Lipinski definition) is 5. The number of carbonyl (C=O) groups is 3. The van der Waals surface area contributed by atoms with Gasteiger partial charge in [-0.25, -0.2) is 4.79 Å². The summed E-state index contributed by atoms with van der Waals surface area (Å²) < 4.78 is 11.0. The molecule has 2 N–H and O–H groups in total. The first-order valence-electron chi connectivity index (χ1n) is 12.1. The molecule has 0 aliphatic carbocycles. The van der Waals surface area contributed by atoms with Crippen LogP contribution in [0.25, 0.3) is 0 Å². The lowest BCUT2D eigenvalue weighted by molar-refractivity contribution is -0.156. The van der Waals surface area contributed by atoms with Crippen LogP contribution in [0, 0.1) is 11.8 Å². The Kier molecular flexibility index (Phi) is 10.2. The average molecular weight is 461 g/mol. The molecular weight excluding hydrogens is 420 g/mol. The minimum Gasteiger partial charge on any atom is -0.461 e. The van der Waals surface area contributed by atoms with Crippen LogP contribution < -0.4 is 10.6 Å². The predicted octanol–water partition coefficient (Wildman–Crippen LogP) is 4.73. The molecule has 7 nitrogen and oxygen atoms in total. The molecule has 0 bridgehead atoms. The van der Waals surface area contributed by atoms with Gasteiger partial charge in [0.1, 0.15) is 12.2 Å². The van der Waals surface area contributed by atoms with Gasteiger partial charge in [-0.1, -0.05) is 69.4 Å². The highest BCUT2D eigenvalue weighted by Gasteiger charge is 2.49. The Bertz CT molecular complexity index is 775. The Balaban J connectivity index is 2.03. The van der Waals surface area contributed by atoms with Gasteiger partial charge in [0, 0.05) is 6.04 Å². The van der Waals surface area contributed by atoms with Crippen LogP contribution in [0.1, 0.15) is 78.7 Å². The van der Waals surface area contributed by atoms with Gasteiger partial charge in [0.25, 0.3) is 0 Å². The van der Waals surface area contributed by atoms with Gasteiger partial charge in [0.2, 0.25) is 5.91 Å². The molecule has 33 heavy (non-hydrogen) atoms. The van der Waals surface area contributed by atoms with Crippen LogP contribution >= 0.6 is 0 Å². The number of nitrogens with one attached hydrogen (secondary N) is 2. The zero-order valence-electron chi connectivity index (χ0n) is 20.7. The number of amides is 2. The van der Waals surface area contributed by atoms with Crippen molar-refractivity contribution in [3.63, 3.8) is 0 Å². The van der Waals surface area contributed by atoms with Crippen molar-refractivity contribution in [1.29, 1.82) is 0 Å². The maximum absolute atomic E-state index is 13.1. The van der Waals surface area contributed by atoms with Crippen LogP contribution in [-0.2, 0) is 25.7 Å². The van der Waals surface area contributed by atoms with E-state index in [0.29, 0.717) is 6.42 Å². The normalized spacial score (nSPS) is 19.6. The van der Waals surface area contributed by atoms with Crippen molar-refractivity contribution in [3.05, 3.63) is 35.9 Å². The van der Waals surface area contributed by atoms with Crippen molar-refractivity contribution < 1.29 is 23.9 Å². The number of hydrogen-bond donors (Lipinski definition) is 2. The van der Waals surface area contributed by atoms with E-state index in [0.717, 1.165) is 31.2 Å². The summed E-state index contributed by atoms with van der Waals surface area (Å²) in [5.74, 6) is -1.45. The Morgan fingerprint density at radius 3 is 2.36 bits per heavy atom. The van der Waals surface area contributed by atoms with E-state index in [4.69, 9.17) is 9.47 Å². The fourth-order valence-corrected chi connectivity index (χ4v) is 4.14. The second-order valence-electron chi connectivity index (χ2n) is 9.90. The second kappa shape index (κ2) is 12.6. The average Bonchev–Trinajstić information content (AvgIpc) is 2.72. The van der Waals surface area contributed by atoms with Gasteiger partial charge >= 0.3 is 12.1 Å². The maximum Gasteiger partial charge on any atom is 0.407 e. The molecule has 2 rings (SSSR count). The van der Waals surface area contributed by atoms with Crippen molar-refractivity contribution in [2.45, 2.75) is 97.4 Å². The topological polar surface area (TPSA) is 93.7 Å². The molecule has 1 aliphatic heterocycles. The van der Waals surface area contributed by atoms with Gasteiger partial charge in [-0.05, 0) is 39.7 Å². The second-order valence-corrected chi connectivity index (χ2v) is 9.90. The zero-order chi connectivity index (χ0) is 24.4. The van der Waals surface area contributed by atoms with Crippen LogP contribution in [0.4, 0.5) is 4.79 Å². The standard InChI is InChI=1S/C26H40N2O5/c1-6-7-8-9-13-16-20(24(30)32-17-19-14-11-10-12-15-19)22-21(23(29)28-22)18(2)27-25(31)33-26(3,4)5/h10-12,14-15,18,20-22H,6-9,13,16-17H2,1-5H3,(H,27,31)(H,28,29)/t18-,20-,21-,22-/m1/s1. The predicted molar refractivity (Wildman–Crippen MR) is 127 cm³/mol. The molecule has 1 aliphatic rings. The Labute approximate surface area is 198 Å². The fraction of sp³-hybridized carbons (Fsp3) is 0.654. The summed E-state index contributed by atoms with van der Waals surface area (Å²) in [6.45, 7) is 9.49. The van der Waals surface area contributed by atoms with Crippen molar-refractivity contribution in [2.24, 2.45) is 11.8 Å². The molecular formula is C26H40N2O5. The number of benzene rings is 1. The van der Waals surface area contributed by atoms with Crippen molar-refractivity contribution in [2.75, 3.05) is 0 Å². The van der Waals surface area contributed by atoms with E-state index < -0.39 is 29.6 Å². The molecule has 1 saturated heterocycles. The van der Waals surface area contributed by atoms with Gasteiger partial charge in [-0.2, -0.15) is 0 Å². The van der Waals surface area contributed by atoms with E-state index in [1.165, 1.54) is 6.42 Å². The molecule has 0 spiro atoms. The van der Waals surface area contributed by atoms with E-state index in [1.54, 1.807) is 27.7 Å². The molecule has 0 radical (unpaired) electrons. The van der Waals surface area contributed by atoms with Gasteiger partial charge in [0.15, 0.2) is 0 Å². The number of ether oxygens (including phenoxy) is 2. The Morgan fingerprint density at radius 1 is 1.09 bits per heavy atom. The summed E-state index contributed by atoms with van der Waals surface area (Å²) >= 11 is 0. The lowest BCUT2D eigenvalue weighted by Gasteiger charge is -2.43. The van der Waals surface area contributed by atoms with Crippen LogP contribution in [0.2, 0.25) is 0 Å². The maximum atomic E-state index is 13.1. The summed E-state index contributed by atoms with van der Waals surface area (Å²) in [5.41, 5.74) is 0.287. The summed E-state index contributed by atoms with van der Waals surface area (Å²) in [6.07, 6.45) is 5.43. The van der Waals surface area contributed by atoms with E-state index in [-0.39, 0.29) is 24.5 Å². The van der Waals surface area contributed by atoms with Gasteiger partial charge in [0.05, 0.1) is 17.9 Å². The minimum atomic E-state index is -0.632. The lowest BCUT2D eigenvalue weighted by Crippen LogP contribution is -2.68. The molecule has 0 saturated carbocycles. The molecule has 0 unspecified atom stereocenters. The highest BCUT2D eigenvalue weighted by molar-refractivity contribution is 5.89. The number of alkyl carbamates (subject to hydrolysis) is 1. The van der Waals surface area contributed by atoms with Crippen molar-refractivity contribution in [1.82, 2.24) is 10.6 Å². The number of β-lactam (4-membered cyclic amide) rings is 1. The fourth-order valence-electron chi connectivity index (χ4n) is 4.14. The molecule has 1 aromatic carbocycles. The molecule has 1 heterocycles. The monoisotopic (exact) mass is 460 g/mol. The molecule has 7 heteroatoms. The SMILES string of the molecule is CCCCCCC[C@@H](C(=O)OCc1ccccc1)[C@H]1NC(=O)[C@@H]1[C@@H](C)NC(=O)OC(C)(C)C. The zero-order valence-corrected chi connectivity index (χ0v) is 20.7. The number of carbonyl (C=O) groups excluding carboxylic acids is 3. The summed E-state index contributed by atoms with van der Waals surface area (Å²) in [6, 6.07) is 8.70. The summed E-state index contributed by atoms with van der Waals surface area (Å²) in [5, 5.41) is 5.65. The first kappa shape index (κ1) is 26.7. The van der Waals surface area contributed by atoms with Gasteiger partial charge in [-0.15, -0.1) is 0 Å². The summed E-state index contributed by atoms with van der Waals surface area (Å²) in [4.78, 5) is 37.7. The number of unbranched alkanes of at least 4 members (excludes halogenated alkanes) is 4. The lowest BCUT2D eigenvalue weighted by atomic mass is 9.75. The van der Waals surface area contributed by atoms with Crippen LogP contribution in [0.5, 0.6) is 0 Å². The van der Waals surface area contributed by atoms with Crippen LogP contribution in [0.3, 0.4) is 0 Å². The molecule has 2 amide bonds. The van der Waals surface area contributed by atoms with Crippen LogP contribution in [-0.4, -0.2) is 35.7 Å². The molecule has 1 fully saturated rings. The molecule has 4 atom stereocenters. The quantitative estimate of drug-likeness (QED) is 0.267. The highest BCUT2D eigenvalue weighted by Crippen LogP contribution is 2.30. The van der Waals surface area contributed by atoms with Crippen molar-refractivity contribution in [3.8, 4) is 0 Å². The van der Waals surface area contributed by atoms with E-state index in [2.05, 4.69) is 17.6 Å². The smallest absolute Gasteiger partial charge is 0.407 e. The first-order valence-corrected chi connectivity index (χ1v) is 12.1.